The monoisotopic (exact) mass is 262 g/mol. The van der Waals surface area contributed by atoms with Crippen LogP contribution in [-0.4, -0.2) is 0 Å². The van der Waals surface area contributed by atoms with Crippen molar-refractivity contribution in [2.45, 2.75) is 6.42 Å². The molecule has 0 N–H and O–H groups in total. The normalized spacial score (nSPS) is 10.2. The third kappa shape index (κ3) is 3.12. The highest BCUT2D eigenvalue weighted by Gasteiger charge is 2.05. The minimum atomic E-state index is 0.645. The molecule has 86 valence electrons. The fourth-order valence-corrected chi connectivity index (χ4v) is 2.26. The zero-order valence-corrected chi connectivity index (χ0v) is 10.8. The molecule has 0 saturated heterocycles. The van der Waals surface area contributed by atoms with Crippen molar-refractivity contribution in [3.05, 3.63) is 76.3 Å². The number of hydrogen-bond acceptors (Lipinski definition) is 0. The lowest BCUT2D eigenvalue weighted by Crippen LogP contribution is -1.90. The highest BCUT2D eigenvalue weighted by atomic mass is 35.5. The number of allylic oxidation sites excluding steroid dienone is 1. The minimum absolute atomic E-state index is 0.645. The molecule has 2 aromatic rings. The highest BCUT2D eigenvalue weighted by molar-refractivity contribution is 6.35. The maximum absolute atomic E-state index is 6.15. The second kappa shape index (κ2) is 5.39. The Labute approximate surface area is 112 Å². The highest BCUT2D eigenvalue weighted by Crippen LogP contribution is 2.28. The molecule has 0 aliphatic carbocycles. The molecule has 0 atom stereocenters. The number of rotatable bonds is 3. The van der Waals surface area contributed by atoms with Gasteiger partial charge in [-0.25, -0.2) is 0 Å². The summed E-state index contributed by atoms with van der Waals surface area (Å²) in [7, 11) is 0. The first kappa shape index (κ1) is 12.2. The van der Waals surface area contributed by atoms with E-state index in [-0.39, 0.29) is 0 Å². The molecule has 0 saturated carbocycles. The van der Waals surface area contributed by atoms with Crippen molar-refractivity contribution in [3.63, 3.8) is 0 Å². The summed E-state index contributed by atoms with van der Waals surface area (Å²) in [5.74, 6) is 0. The van der Waals surface area contributed by atoms with Gasteiger partial charge in [0.1, 0.15) is 0 Å². The average molecular weight is 263 g/mol. The van der Waals surface area contributed by atoms with Gasteiger partial charge in [-0.15, -0.1) is 0 Å². The third-order valence-corrected chi connectivity index (χ3v) is 3.12. The second-order valence-corrected chi connectivity index (χ2v) is 4.73. The maximum atomic E-state index is 6.15. The van der Waals surface area contributed by atoms with Gasteiger partial charge in [-0.3, -0.25) is 0 Å². The van der Waals surface area contributed by atoms with Crippen LogP contribution in [0.2, 0.25) is 10.0 Å². The lowest BCUT2D eigenvalue weighted by molar-refractivity contribution is 1.29. The van der Waals surface area contributed by atoms with Crippen LogP contribution >= 0.6 is 23.2 Å². The fourth-order valence-electron chi connectivity index (χ4n) is 1.71. The van der Waals surface area contributed by atoms with Gasteiger partial charge in [0.15, 0.2) is 0 Å². The number of halogens is 2. The lowest BCUT2D eigenvalue weighted by atomic mass is 10.00. The largest absolute Gasteiger partial charge is 0.0948 e. The topological polar surface area (TPSA) is 0 Å². The Morgan fingerprint density at radius 2 is 1.71 bits per heavy atom. The zero-order chi connectivity index (χ0) is 12.3. The van der Waals surface area contributed by atoms with E-state index in [2.05, 4.69) is 18.7 Å². The molecule has 0 nitrogen and oxygen atoms in total. The molecule has 0 aliphatic heterocycles. The summed E-state index contributed by atoms with van der Waals surface area (Å²) in [4.78, 5) is 0. The van der Waals surface area contributed by atoms with E-state index in [4.69, 9.17) is 23.2 Å². The van der Waals surface area contributed by atoms with Crippen LogP contribution in [0.25, 0.3) is 5.57 Å². The maximum Gasteiger partial charge on any atom is 0.0495 e. The van der Waals surface area contributed by atoms with E-state index in [1.165, 1.54) is 5.56 Å². The van der Waals surface area contributed by atoms with Gasteiger partial charge in [-0.1, -0.05) is 66.2 Å². The van der Waals surface area contributed by atoms with Crippen molar-refractivity contribution in [1.82, 2.24) is 0 Å². The van der Waals surface area contributed by atoms with Crippen molar-refractivity contribution in [3.8, 4) is 0 Å². The molecule has 0 bridgehead atoms. The van der Waals surface area contributed by atoms with E-state index < -0.39 is 0 Å². The molecule has 0 aromatic heterocycles. The molecule has 0 unspecified atom stereocenters. The van der Waals surface area contributed by atoms with Crippen LogP contribution in [0.3, 0.4) is 0 Å². The molecular weight excluding hydrogens is 251 g/mol. The molecule has 0 aliphatic rings. The molecule has 0 fully saturated rings. The Hall–Kier alpha value is -1.24. The van der Waals surface area contributed by atoms with Crippen LogP contribution < -0.4 is 0 Å². The average Bonchev–Trinajstić information content (AvgIpc) is 2.30. The predicted molar refractivity (Wildman–Crippen MR) is 75.6 cm³/mol. The van der Waals surface area contributed by atoms with E-state index in [0.717, 1.165) is 17.6 Å². The van der Waals surface area contributed by atoms with Crippen LogP contribution in [0.1, 0.15) is 11.1 Å². The molecule has 2 aromatic carbocycles. The number of hydrogen-bond donors (Lipinski definition) is 0. The van der Waals surface area contributed by atoms with Crippen molar-refractivity contribution >= 4 is 28.8 Å². The lowest BCUT2D eigenvalue weighted by Gasteiger charge is -2.08. The summed E-state index contributed by atoms with van der Waals surface area (Å²) < 4.78 is 0. The summed E-state index contributed by atoms with van der Waals surface area (Å²) in [6, 6.07) is 15.7. The molecule has 2 heteroatoms. The summed E-state index contributed by atoms with van der Waals surface area (Å²) in [6.45, 7) is 4.08. The first-order valence-corrected chi connectivity index (χ1v) is 6.09. The van der Waals surface area contributed by atoms with Crippen molar-refractivity contribution < 1.29 is 0 Å². The first-order valence-electron chi connectivity index (χ1n) is 5.34. The van der Waals surface area contributed by atoms with Gasteiger partial charge >= 0.3 is 0 Å². The van der Waals surface area contributed by atoms with Crippen molar-refractivity contribution in [2.75, 3.05) is 0 Å². The SMILES string of the molecule is C=C(Cc1ccccc1)c1ccc(Cl)cc1Cl. The van der Waals surface area contributed by atoms with Gasteiger partial charge < -0.3 is 0 Å². The van der Waals surface area contributed by atoms with E-state index in [0.29, 0.717) is 10.0 Å². The Kier molecular flexibility index (Phi) is 3.88. The summed E-state index contributed by atoms with van der Waals surface area (Å²) >= 11 is 12.0. The first-order chi connectivity index (χ1) is 8.16. The van der Waals surface area contributed by atoms with Crippen LogP contribution in [-0.2, 0) is 6.42 Å². The summed E-state index contributed by atoms with van der Waals surface area (Å²) in [5.41, 5.74) is 3.18. The predicted octanol–water partition coefficient (Wildman–Crippen LogP) is 5.25. The molecule has 0 spiro atoms. The molecule has 0 heterocycles. The number of benzene rings is 2. The van der Waals surface area contributed by atoms with E-state index in [1.807, 2.05) is 30.3 Å². The van der Waals surface area contributed by atoms with E-state index in [9.17, 15) is 0 Å². The Balaban J connectivity index is 2.21. The minimum Gasteiger partial charge on any atom is -0.0948 e. The van der Waals surface area contributed by atoms with E-state index >= 15 is 0 Å². The van der Waals surface area contributed by atoms with Crippen LogP contribution in [0, 0.1) is 0 Å². The van der Waals surface area contributed by atoms with Gasteiger partial charge in [-0.2, -0.15) is 0 Å². The van der Waals surface area contributed by atoms with Gasteiger partial charge in [-0.05, 0) is 35.3 Å². The van der Waals surface area contributed by atoms with Gasteiger partial charge in [0, 0.05) is 10.0 Å². The Morgan fingerprint density at radius 3 is 2.35 bits per heavy atom. The molecule has 0 amide bonds. The molecule has 0 radical (unpaired) electrons. The van der Waals surface area contributed by atoms with Gasteiger partial charge in [0.2, 0.25) is 0 Å². The van der Waals surface area contributed by atoms with Crippen LogP contribution in [0.4, 0.5) is 0 Å². The van der Waals surface area contributed by atoms with Crippen molar-refractivity contribution in [1.29, 1.82) is 0 Å². The smallest absolute Gasteiger partial charge is 0.0495 e. The Bertz CT molecular complexity index is 530. The van der Waals surface area contributed by atoms with Crippen LogP contribution in [0.15, 0.2) is 55.1 Å². The van der Waals surface area contributed by atoms with Crippen molar-refractivity contribution in [2.24, 2.45) is 0 Å². The third-order valence-electron chi connectivity index (χ3n) is 2.57. The summed E-state index contributed by atoms with van der Waals surface area (Å²) in [5, 5.41) is 1.30. The van der Waals surface area contributed by atoms with Gasteiger partial charge in [0.25, 0.3) is 0 Å². The van der Waals surface area contributed by atoms with Gasteiger partial charge in [0.05, 0.1) is 0 Å². The quantitative estimate of drug-likeness (QED) is 0.709. The second-order valence-electron chi connectivity index (χ2n) is 3.89. The van der Waals surface area contributed by atoms with E-state index in [1.54, 1.807) is 6.07 Å². The van der Waals surface area contributed by atoms with Crippen LogP contribution in [0.5, 0.6) is 0 Å². The zero-order valence-electron chi connectivity index (χ0n) is 9.29. The molecule has 17 heavy (non-hydrogen) atoms. The standard InChI is InChI=1S/C15H12Cl2/c1-11(9-12-5-3-2-4-6-12)14-8-7-13(16)10-15(14)17/h2-8,10H,1,9H2. The Morgan fingerprint density at radius 1 is 1.00 bits per heavy atom. The molecule has 2 rings (SSSR count). The fraction of sp³-hybridized carbons (Fsp3) is 0.0667. The summed E-state index contributed by atoms with van der Waals surface area (Å²) in [6.07, 6.45) is 0.794. The molecular formula is C15H12Cl2.